The van der Waals surface area contributed by atoms with E-state index in [1.165, 1.54) is 0 Å². The lowest BCUT2D eigenvalue weighted by molar-refractivity contribution is -0.149. The Labute approximate surface area is 111 Å². The third kappa shape index (κ3) is 3.34. The van der Waals surface area contributed by atoms with Crippen LogP contribution in [0.4, 0.5) is 0 Å². The molecule has 0 aliphatic rings. The molecule has 19 heavy (non-hydrogen) atoms. The highest BCUT2D eigenvalue weighted by molar-refractivity contribution is 6.39. The summed E-state index contributed by atoms with van der Waals surface area (Å²) >= 11 is 0. The zero-order valence-corrected chi connectivity index (χ0v) is 11.3. The summed E-state index contributed by atoms with van der Waals surface area (Å²) in [6.07, 6.45) is 0.840. The van der Waals surface area contributed by atoms with E-state index in [0.717, 1.165) is 30.1 Å². The Morgan fingerprint density at radius 3 is 2.11 bits per heavy atom. The number of aryl methyl sites for hydroxylation is 2. The molecule has 102 valence electrons. The van der Waals surface area contributed by atoms with Gasteiger partial charge in [0.2, 0.25) is 0 Å². The molecule has 0 aromatic heterocycles. The van der Waals surface area contributed by atoms with Crippen LogP contribution in [-0.2, 0) is 14.3 Å². The van der Waals surface area contributed by atoms with Crippen LogP contribution in [0.2, 0.25) is 0 Å². The molecule has 0 atom stereocenters. The van der Waals surface area contributed by atoms with Gasteiger partial charge in [0.15, 0.2) is 0 Å². The Morgan fingerprint density at radius 2 is 1.68 bits per heavy atom. The average molecular weight is 264 g/mol. The summed E-state index contributed by atoms with van der Waals surface area (Å²) in [4.78, 5) is 22.3. The van der Waals surface area contributed by atoms with Crippen molar-refractivity contribution in [3.8, 4) is 5.75 Å². The minimum absolute atomic E-state index is 0.288. The number of aliphatic hydroxyl groups is 1. The van der Waals surface area contributed by atoms with Gasteiger partial charge in [0.25, 0.3) is 5.78 Å². The van der Waals surface area contributed by atoms with Gasteiger partial charge in [-0.1, -0.05) is 0 Å². The van der Waals surface area contributed by atoms with Crippen LogP contribution in [0.1, 0.15) is 16.7 Å². The van der Waals surface area contributed by atoms with Crippen LogP contribution < -0.4 is 4.74 Å². The summed E-state index contributed by atoms with van der Waals surface area (Å²) in [5.41, 5.74) is 2.08. The number of ketones is 1. The Kier molecular flexibility index (Phi) is 4.69. The second-order valence-electron chi connectivity index (χ2n) is 4.03. The fourth-order valence-electron chi connectivity index (χ4n) is 1.79. The molecule has 0 heterocycles. The number of hydrogen-bond donors (Lipinski definition) is 1. The fraction of sp³-hybridized carbons (Fsp3) is 0.286. The van der Waals surface area contributed by atoms with Gasteiger partial charge in [-0.05, 0) is 37.1 Å². The van der Waals surface area contributed by atoms with Crippen LogP contribution >= 0.6 is 0 Å². The van der Waals surface area contributed by atoms with Gasteiger partial charge < -0.3 is 14.6 Å². The minimum Gasteiger partial charge on any atom is -0.507 e. The van der Waals surface area contributed by atoms with Gasteiger partial charge in [-0.25, -0.2) is 4.79 Å². The Balaban J connectivity index is 3.14. The largest absolute Gasteiger partial charge is 0.507 e. The number of aliphatic hydroxyl groups excluding tert-OH is 1. The first-order chi connectivity index (χ1) is 8.90. The van der Waals surface area contributed by atoms with Crippen LogP contribution in [0, 0.1) is 13.8 Å². The zero-order valence-electron chi connectivity index (χ0n) is 11.3. The summed E-state index contributed by atoms with van der Waals surface area (Å²) in [7, 11) is 2.66. The Hall–Kier alpha value is -2.30. The molecule has 0 aliphatic carbocycles. The molecule has 5 heteroatoms. The van der Waals surface area contributed by atoms with Crippen LogP contribution in [0.25, 0.3) is 5.76 Å². The summed E-state index contributed by atoms with van der Waals surface area (Å²) < 4.78 is 9.47. The molecule has 0 fully saturated rings. The number of carbonyl (C=O) groups excluding carboxylic acids is 2. The first-order valence-electron chi connectivity index (χ1n) is 5.59. The lowest BCUT2D eigenvalue weighted by atomic mass is 10.0. The molecule has 0 unspecified atom stereocenters. The van der Waals surface area contributed by atoms with Crippen molar-refractivity contribution in [2.45, 2.75) is 13.8 Å². The van der Waals surface area contributed by atoms with E-state index in [-0.39, 0.29) is 5.76 Å². The monoisotopic (exact) mass is 264 g/mol. The molecular formula is C14H16O5. The highest BCUT2D eigenvalue weighted by Gasteiger charge is 2.14. The van der Waals surface area contributed by atoms with Gasteiger partial charge in [-0.15, -0.1) is 0 Å². The number of carbonyl (C=O) groups is 2. The van der Waals surface area contributed by atoms with E-state index in [2.05, 4.69) is 4.74 Å². The van der Waals surface area contributed by atoms with Gasteiger partial charge in [-0.3, -0.25) is 4.79 Å². The van der Waals surface area contributed by atoms with Gasteiger partial charge >= 0.3 is 5.97 Å². The number of ether oxygens (including phenoxy) is 2. The summed E-state index contributed by atoms with van der Waals surface area (Å²) in [5, 5.41) is 9.84. The predicted octanol–water partition coefficient (Wildman–Crippen LogP) is 1.95. The molecule has 0 saturated carbocycles. The lowest BCUT2D eigenvalue weighted by Crippen LogP contribution is -2.13. The molecule has 0 aliphatic heterocycles. The van der Waals surface area contributed by atoms with E-state index in [9.17, 15) is 14.7 Å². The summed E-state index contributed by atoms with van der Waals surface area (Å²) in [6, 6.07) is 3.34. The van der Waals surface area contributed by atoms with E-state index in [1.54, 1.807) is 19.2 Å². The number of hydrogen-bond acceptors (Lipinski definition) is 5. The van der Waals surface area contributed by atoms with Crippen molar-refractivity contribution in [1.29, 1.82) is 0 Å². The fourth-order valence-corrected chi connectivity index (χ4v) is 1.79. The molecular weight excluding hydrogens is 248 g/mol. The van der Waals surface area contributed by atoms with E-state index >= 15 is 0 Å². The van der Waals surface area contributed by atoms with Crippen molar-refractivity contribution in [3.05, 3.63) is 34.9 Å². The highest BCUT2D eigenvalue weighted by Crippen LogP contribution is 2.26. The third-order valence-corrected chi connectivity index (χ3v) is 2.61. The van der Waals surface area contributed by atoms with Crippen molar-refractivity contribution in [1.82, 2.24) is 0 Å². The van der Waals surface area contributed by atoms with Gasteiger partial charge in [0.1, 0.15) is 11.5 Å². The SMILES string of the molecule is COC(=O)C(=O)C=C(O)c1cc(C)c(OC)c(C)c1. The standard InChI is InChI=1S/C14H16O5/c1-8-5-10(6-9(2)13(8)18-3)11(15)7-12(16)14(17)19-4/h5-7,15H,1-4H3. The van der Waals surface area contributed by atoms with Crippen LogP contribution in [0.5, 0.6) is 5.75 Å². The van der Waals surface area contributed by atoms with Crippen molar-refractivity contribution in [2.75, 3.05) is 14.2 Å². The maximum absolute atomic E-state index is 11.3. The average Bonchev–Trinajstić information content (AvgIpc) is 2.37. The smallest absolute Gasteiger partial charge is 0.378 e. The normalized spacial score (nSPS) is 11.1. The van der Waals surface area contributed by atoms with Crippen molar-refractivity contribution < 1.29 is 24.2 Å². The first-order valence-corrected chi connectivity index (χ1v) is 5.59. The number of benzene rings is 1. The molecule has 1 aromatic rings. The van der Waals surface area contributed by atoms with E-state index in [1.807, 2.05) is 13.8 Å². The quantitative estimate of drug-likeness (QED) is 0.389. The van der Waals surface area contributed by atoms with Crippen LogP contribution in [0.15, 0.2) is 18.2 Å². The molecule has 0 saturated heterocycles. The van der Waals surface area contributed by atoms with E-state index in [0.29, 0.717) is 5.56 Å². The molecule has 5 nitrogen and oxygen atoms in total. The molecule has 1 aromatic carbocycles. The zero-order chi connectivity index (χ0) is 14.6. The second-order valence-corrected chi connectivity index (χ2v) is 4.03. The molecule has 1 N–H and O–H groups in total. The predicted molar refractivity (Wildman–Crippen MR) is 70.1 cm³/mol. The first kappa shape index (κ1) is 14.8. The maximum Gasteiger partial charge on any atom is 0.378 e. The topological polar surface area (TPSA) is 72.8 Å². The number of rotatable bonds is 4. The summed E-state index contributed by atoms with van der Waals surface area (Å²) in [5.74, 6) is -1.50. The minimum atomic E-state index is -1.02. The second kappa shape index (κ2) is 6.04. The molecule has 0 amide bonds. The Morgan fingerprint density at radius 1 is 1.16 bits per heavy atom. The number of esters is 1. The van der Waals surface area contributed by atoms with Gasteiger partial charge in [0, 0.05) is 11.6 Å². The van der Waals surface area contributed by atoms with Crippen molar-refractivity contribution in [2.24, 2.45) is 0 Å². The van der Waals surface area contributed by atoms with Crippen molar-refractivity contribution >= 4 is 17.5 Å². The maximum atomic E-state index is 11.3. The lowest BCUT2D eigenvalue weighted by Gasteiger charge is -2.10. The van der Waals surface area contributed by atoms with Gasteiger partial charge in [0.05, 0.1) is 14.2 Å². The third-order valence-electron chi connectivity index (χ3n) is 2.61. The Bertz CT molecular complexity index is 520. The number of methoxy groups -OCH3 is 2. The van der Waals surface area contributed by atoms with E-state index in [4.69, 9.17) is 4.74 Å². The van der Waals surface area contributed by atoms with E-state index < -0.39 is 11.8 Å². The summed E-state index contributed by atoms with van der Waals surface area (Å²) in [6.45, 7) is 3.65. The molecule has 0 bridgehead atoms. The van der Waals surface area contributed by atoms with Crippen LogP contribution in [0.3, 0.4) is 0 Å². The van der Waals surface area contributed by atoms with Crippen molar-refractivity contribution in [3.63, 3.8) is 0 Å². The van der Waals surface area contributed by atoms with Gasteiger partial charge in [-0.2, -0.15) is 0 Å². The van der Waals surface area contributed by atoms with Crippen LogP contribution in [-0.4, -0.2) is 31.1 Å². The molecule has 0 radical (unpaired) electrons. The molecule has 1 rings (SSSR count). The molecule has 0 spiro atoms. The highest BCUT2D eigenvalue weighted by atomic mass is 16.5.